The summed E-state index contributed by atoms with van der Waals surface area (Å²) in [5, 5.41) is 4.29. The fourth-order valence-corrected chi connectivity index (χ4v) is 4.66. The van der Waals surface area contributed by atoms with E-state index in [0.717, 1.165) is 0 Å². The summed E-state index contributed by atoms with van der Waals surface area (Å²) >= 11 is 0. The van der Waals surface area contributed by atoms with Crippen molar-refractivity contribution in [2.75, 3.05) is 23.7 Å². The van der Waals surface area contributed by atoms with Crippen LogP contribution in [0.25, 0.3) is 0 Å². The number of nitrogens with zero attached hydrogens (tertiary/aromatic N) is 2. The third-order valence-corrected chi connectivity index (χ3v) is 6.55. The van der Waals surface area contributed by atoms with E-state index in [0.29, 0.717) is 45.9 Å². The summed E-state index contributed by atoms with van der Waals surface area (Å²) in [7, 11) is 1.24. The van der Waals surface area contributed by atoms with Crippen LogP contribution in [0.4, 0.5) is 64.1 Å². The first-order chi connectivity index (χ1) is 17.3. The number of rotatable bonds is 2. The van der Waals surface area contributed by atoms with Crippen LogP contribution in [0.5, 0.6) is 0 Å². The van der Waals surface area contributed by atoms with Crippen molar-refractivity contribution in [1.82, 2.24) is 0 Å². The normalized spacial score (nSPS) is 15.8. The first-order valence-corrected chi connectivity index (χ1v) is 12.0. The topological polar surface area (TPSA) is 48.8 Å². The van der Waals surface area contributed by atoms with Crippen LogP contribution in [0, 0.1) is 0 Å². The maximum Gasteiger partial charge on any atom is 0.416 e. The minimum atomic E-state index is -5.09. The molecule has 2 N–H and O–H groups in total. The first kappa shape index (κ1) is 29.8. The van der Waals surface area contributed by atoms with Gasteiger partial charge in [-0.1, -0.05) is 0 Å². The standard InChI is InChI=1S/C20H12F12N4S2/c21-17(22,23)9-3-10(18(24,25)26)6-13(5-9)35-15-33-1-2-34-16(38-37-15)36-14-7-11(19(27,28)29)4-12(8-14)20(30,31)32/h3-8H,1-2H2,(H,33,35)(H,34,36). The lowest BCUT2D eigenvalue weighted by molar-refractivity contribution is -0.144. The van der Waals surface area contributed by atoms with E-state index in [2.05, 4.69) is 20.6 Å². The second-order valence-electron chi connectivity index (χ2n) is 7.38. The van der Waals surface area contributed by atoms with Crippen LogP contribution < -0.4 is 10.6 Å². The highest BCUT2D eigenvalue weighted by atomic mass is 33.1. The molecule has 0 unspecified atom stereocenters. The summed E-state index contributed by atoms with van der Waals surface area (Å²) in [5.74, 6) is 0. The Hall–Kier alpha value is -2.76. The number of hydrogen-bond acceptors (Lipinski definition) is 6. The van der Waals surface area contributed by atoms with Gasteiger partial charge in [-0.2, -0.15) is 52.7 Å². The quantitative estimate of drug-likeness (QED) is 0.269. The number of hydrogen-bond donors (Lipinski definition) is 2. The van der Waals surface area contributed by atoms with Gasteiger partial charge in [0.1, 0.15) is 0 Å². The van der Waals surface area contributed by atoms with Crippen LogP contribution in [-0.4, -0.2) is 23.4 Å². The lowest BCUT2D eigenvalue weighted by Crippen LogP contribution is -2.17. The molecule has 0 saturated carbocycles. The lowest BCUT2D eigenvalue weighted by atomic mass is 10.1. The Morgan fingerprint density at radius 1 is 0.474 bits per heavy atom. The van der Waals surface area contributed by atoms with Gasteiger partial charge in [-0.3, -0.25) is 9.98 Å². The molecule has 0 spiro atoms. The van der Waals surface area contributed by atoms with E-state index in [1.165, 1.54) is 0 Å². The van der Waals surface area contributed by atoms with Crippen molar-refractivity contribution in [2.24, 2.45) is 9.98 Å². The zero-order valence-corrected chi connectivity index (χ0v) is 19.8. The van der Waals surface area contributed by atoms with Gasteiger partial charge in [-0.15, -0.1) is 0 Å². The summed E-state index contributed by atoms with van der Waals surface area (Å²) in [6, 6.07) is 1.58. The van der Waals surface area contributed by atoms with E-state index in [1.54, 1.807) is 0 Å². The molecule has 0 radical (unpaired) electrons. The molecule has 1 aliphatic rings. The Balaban J connectivity index is 1.81. The van der Waals surface area contributed by atoms with Crippen LogP contribution in [-0.2, 0) is 24.7 Å². The van der Waals surface area contributed by atoms with Gasteiger partial charge in [0.25, 0.3) is 0 Å². The molecule has 0 bridgehead atoms. The Morgan fingerprint density at radius 3 is 0.974 bits per heavy atom. The lowest BCUT2D eigenvalue weighted by Gasteiger charge is -2.18. The molecule has 18 heteroatoms. The largest absolute Gasteiger partial charge is 0.416 e. The van der Waals surface area contributed by atoms with Crippen LogP contribution in [0.1, 0.15) is 22.3 Å². The van der Waals surface area contributed by atoms with Gasteiger partial charge in [0.15, 0.2) is 10.3 Å². The van der Waals surface area contributed by atoms with E-state index in [4.69, 9.17) is 0 Å². The molecule has 208 valence electrons. The van der Waals surface area contributed by atoms with E-state index in [9.17, 15) is 52.7 Å². The average Bonchev–Trinajstić information content (AvgIpc) is 2.75. The van der Waals surface area contributed by atoms with E-state index in [1.807, 2.05) is 0 Å². The monoisotopic (exact) mass is 600 g/mol. The van der Waals surface area contributed by atoms with E-state index >= 15 is 0 Å². The van der Waals surface area contributed by atoms with Gasteiger partial charge in [0, 0.05) is 11.4 Å². The molecule has 3 rings (SSSR count). The highest BCUT2D eigenvalue weighted by Crippen LogP contribution is 2.40. The zero-order chi connectivity index (χ0) is 28.5. The molecule has 2 aromatic rings. The van der Waals surface area contributed by atoms with Gasteiger partial charge < -0.3 is 10.6 Å². The van der Waals surface area contributed by atoms with Crippen molar-refractivity contribution in [3.8, 4) is 0 Å². The SMILES string of the molecule is FC(F)(F)c1cc(NC2=NCCN=C(Nc3cc(C(F)(F)F)cc(C(F)(F)F)c3)SS2)cc(C(F)(F)F)c1. The summed E-state index contributed by atoms with van der Waals surface area (Å²) in [6.45, 7) is -0.300. The Morgan fingerprint density at radius 2 is 0.737 bits per heavy atom. The fourth-order valence-electron chi connectivity index (χ4n) is 2.86. The molecule has 0 fully saturated rings. The maximum absolute atomic E-state index is 13.1. The van der Waals surface area contributed by atoms with Gasteiger partial charge in [0.2, 0.25) is 0 Å². The Labute approximate surface area is 213 Å². The van der Waals surface area contributed by atoms with E-state index in [-0.39, 0.29) is 35.6 Å². The molecule has 38 heavy (non-hydrogen) atoms. The zero-order valence-electron chi connectivity index (χ0n) is 18.1. The molecular weight excluding hydrogens is 588 g/mol. The van der Waals surface area contributed by atoms with Crippen LogP contribution in [0.2, 0.25) is 0 Å². The second kappa shape index (κ2) is 10.8. The molecule has 0 saturated heterocycles. The number of anilines is 2. The molecule has 1 heterocycles. The molecule has 0 aromatic heterocycles. The first-order valence-electron chi connectivity index (χ1n) is 9.89. The minimum absolute atomic E-state index is 0.0635. The van der Waals surface area contributed by atoms with Crippen molar-refractivity contribution >= 4 is 43.3 Å². The van der Waals surface area contributed by atoms with Crippen molar-refractivity contribution in [3.05, 3.63) is 58.7 Å². The molecule has 2 aromatic carbocycles. The van der Waals surface area contributed by atoms with E-state index < -0.39 is 58.3 Å². The molecule has 1 aliphatic heterocycles. The van der Waals surface area contributed by atoms with Crippen LogP contribution in [0.3, 0.4) is 0 Å². The number of amidine groups is 2. The predicted molar refractivity (Wildman–Crippen MR) is 120 cm³/mol. The highest BCUT2D eigenvalue weighted by molar-refractivity contribution is 8.87. The van der Waals surface area contributed by atoms with Crippen LogP contribution >= 0.6 is 21.6 Å². The third-order valence-electron chi connectivity index (χ3n) is 4.49. The van der Waals surface area contributed by atoms with Gasteiger partial charge in [-0.05, 0) is 58.0 Å². The van der Waals surface area contributed by atoms with Crippen LogP contribution in [0.15, 0.2) is 46.4 Å². The summed E-state index contributed by atoms with van der Waals surface area (Å²) in [6.07, 6.45) is -20.4. The van der Waals surface area contributed by atoms with Gasteiger partial charge in [-0.25, -0.2) is 0 Å². The van der Waals surface area contributed by atoms with Crippen molar-refractivity contribution in [3.63, 3.8) is 0 Å². The van der Waals surface area contributed by atoms with Gasteiger partial charge in [0.05, 0.1) is 35.3 Å². The Bertz CT molecular complexity index is 1070. The summed E-state index contributed by atoms with van der Waals surface area (Å²) in [4.78, 5) is 7.90. The second-order valence-corrected chi connectivity index (χ2v) is 9.49. The predicted octanol–water partition coefficient (Wildman–Crippen LogP) is 8.39. The molecule has 0 atom stereocenters. The van der Waals surface area contributed by atoms with Crippen molar-refractivity contribution in [1.29, 1.82) is 0 Å². The average molecular weight is 600 g/mol. The smallest absolute Gasteiger partial charge is 0.334 e. The number of alkyl halides is 12. The summed E-state index contributed by atoms with van der Waals surface area (Å²) in [5.41, 5.74) is -7.50. The fraction of sp³-hybridized carbons (Fsp3) is 0.300. The third kappa shape index (κ3) is 8.12. The number of halogens is 12. The number of benzene rings is 2. The maximum atomic E-state index is 13.1. The van der Waals surface area contributed by atoms with Crippen molar-refractivity contribution in [2.45, 2.75) is 24.7 Å². The Kier molecular flexibility index (Phi) is 8.45. The summed E-state index contributed by atoms with van der Waals surface area (Å²) < 4.78 is 157. The molecule has 0 amide bonds. The van der Waals surface area contributed by atoms with Crippen molar-refractivity contribution < 1.29 is 52.7 Å². The molecule has 0 aliphatic carbocycles. The highest BCUT2D eigenvalue weighted by Gasteiger charge is 2.38. The number of aliphatic imine (C=N–C) groups is 2. The minimum Gasteiger partial charge on any atom is -0.334 e. The molecular formula is C20H12F12N4S2. The van der Waals surface area contributed by atoms with Gasteiger partial charge >= 0.3 is 24.7 Å². The number of nitrogens with one attached hydrogen (secondary N) is 2. The molecule has 4 nitrogen and oxygen atoms in total.